The Morgan fingerprint density at radius 2 is 2.16 bits per heavy atom. The lowest BCUT2D eigenvalue weighted by Gasteiger charge is -2.26. The van der Waals surface area contributed by atoms with Gasteiger partial charge in [0.25, 0.3) is 0 Å². The van der Waals surface area contributed by atoms with Crippen molar-refractivity contribution in [3.63, 3.8) is 0 Å². The smallest absolute Gasteiger partial charge is 0.146 e. The van der Waals surface area contributed by atoms with Gasteiger partial charge in [-0.15, -0.1) is 0 Å². The minimum absolute atomic E-state index is 0.113. The Balaban J connectivity index is 1.77. The summed E-state index contributed by atoms with van der Waals surface area (Å²) in [7, 11) is 0. The van der Waals surface area contributed by atoms with Crippen molar-refractivity contribution in [3.05, 3.63) is 75.7 Å². The van der Waals surface area contributed by atoms with Crippen LogP contribution in [-0.2, 0) is 0 Å². The van der Waals surface area contributed by atoms with Gasteiger partial charge in [-0.3, -0.25) is 4.90 Å². The van der Waals surface area contributed by atoms with Gasteiger partial charge in [0.05, 0.1) is 23.1 Å². The van der Waals surface area contributed by atoms with Crippen LogP contribution in [0.4, 0.5) is 10.1 Å². The van der Waals surface area contributed by atoms with Crippen molar-refractivity contribution in [2.24, 2.45) is 5.11 Å². The topological polar surface area (TPSA) is 63.5 Å². The summed E-state index contributed by atoms with van der Waals surface area (Å²) in [4.78, 5) is 2.42. The van der Waals surface area contributed by atoms with E-state index in [4.69, 9.17) is 17.1 Å². The number of allylic oxidation sites excluding steroid dienone is 1. The summed E-state index contributed by atoms with van der Waals surface area (Å²) in [6, 6.07) is 10.9. The highest BCUT2D eigenvalue weighted by Crippen LogP contribution is 2.36. The Hall–Kier alpha value is -2.70. The number of nitrogens with one attached hydrogen (secondary N) is 3. The lowest BCUT2D eigenvalue weighted by atomic mass is 9.90. The molecule has 0 amide bonds. The van der Waals surface area contributed by atoms with Crippen LogP contribution in [0.1, 0.15) is 49.4 Å². The summed E-state index contributed by atoms with van der Waals surface area (Å²) < 4.78 is 14.5. The Morgan fingerprint density at radius 3 is 2.88 bits per heavy atom. The molecule has 168 valence electrons. The van der Waals surface area contributed by atoms with Crippen LogP contribution < -0.4 is 10.6 Å². The highest BCUT2D eigenvalue weighted by Gasteiger charge is 2.25. The Labute approximate surface area is 193 Å². The SMILES string of the molecule is CCN1CC=C(c2ccc3c(c2)C(Nc2cc(Cl)ccc2F)CCN/C3=C(/C)N=N)CC1. The number of likely N-dealkylation sites (N-methyl/N-ethyl adjacent to an activating group) is 1. The Morgan fingerprint density at radius 1 is 1.31 bits per heavy atom. The zero-order valence-electron chi connectivity index (χ0n) is 18.5. The summed E-state index contributed by atoms with van der Waals surface area (Å²) >= 11 is 6.13. The van der Waals surface area contributed by atoms with Gasteiger partial charge in [-0.05, 0) is 67.3 Å². The first-order chi connectivity index (χ1) is 15.5. The van der Waals surface area contributed by atoms with Crippen molar-refractivity contribution in [3.8, 4) is 0 Å². The second-order valence-corrected chi connectivity index (χ2v) is 8.72. The van der Waals surface area contributed by atoms with E-state index in [-0.39, 0.29) is 11.9 Å². The highest BCUT2D eigenvalue weighted by molar-refractivity contribution is 6.30. The predicted octanol–water partition coefficient (Wildman–Crippen LogP) is 6.45. The number of hydrogen-bond donors (Lipinski definition) is 3. The maximum Gasteiger partial charge on any atom is 0.146 e. The Bertz CT molecular complexity index is 1080. The third-order valence-corrected chi connectivity index (χ3v) is 6.57. The van der Waals surface area contributed by atoms with E-state index >= 15 is 0 Å². The minimum atomic E-state index is -0.327. The van der Waals surface area contributed by atoms with E-state index in [2.05, 4.69) is 51.8 Å². The molecule has 1 atom stereocenters. The quantitative estimate of drug-likeness (QED) is 0.455. The van der Waals surface area contributed by atoms with Gasteiger partial charge in [0.1, 0.15) is 5.82 Å². The maximum absolute atomic E-state index is 14.5. The second-order valence-electron chi connectivity index (χ2n) is 8.28. The number of halogens is 2. The lowest BCUT2D eigenvalue weighted by molar-refractivity contribution is 0.319. The summed E-state index contributed by atoms with van der Waals surface area (Å²) in [6.45, 7) is 7.77. The van der Waals surface area contributed by atoms with Gasteiger partial charge >= 0.3 is 0 Å². The first kappa shape index (κ1) is 22.5. The minimum Gasteiger partial charge on any atom is -0.383 e. The number of hydrogen-bond acceptors (Lipinski definition) is 5. The van der Waals surface area contributed by atoms with E-state index in [0.717, 1.165) is 49.3 Å². The van der Waals surface area contributed by atoms with Crippen LogP contribution in [0.5, 0.6) is 0 Å². The van der Waals surface area contributed by atoms with E-state index in [1.165, 1.54) is 17.2 Å². The fourth-order valence-electron chi connectivity index (χ4n) is 4.46. The van der Waals surface area contributed by atoms with E-state index in [9.17, 15) is 4.39 Å². The molecule has 0 fully saturated rings. The predicted molar refractivity (Wildman–Crippen MR) is 129 cm³/mol. The van der Waals surface area contributed by atoms with Crippen LogP contribution >= 0.6 is 11.6 Å². The van der Waals surface area contributed by atoms with Crippen molar-refractivity contribution < 1.29 is 4.39 Å². The number of rotatable bonds is 5. The molecular formula is C25H29ClFN5. The van der Waals surface area contributed by atoms with Crippen molar-refractivity contribution in [1.29, 1.82) is 5.53 Å². The largest absolute Gasteiger partial charge is 0.383 e. The molecule has 7 heteroatoms. The molecule has 2 aromatic carbocycles. The Kier molecular flexibility index (Phi) is 6.92. The molecule has 2 aliphatic rings. The molecule has 3 N–H and O–H groups in total. The number of fused-ring (bicyclic) bond motifs is 1. The molecule has 5 nitrogen and oxygen atoms in total. The number of benzene rings is 2. The van der Waals surface area contributed by atoms with Gasteiger partial charge in [-0.2, -0.15) is 5.11 Å². The molecule has 0 bridgehead atoms. The lowest BCUT2D eigenvalue weighted by Crippen LogP contribution is -2.28. The molecule has 2 aliphatic heterocycles. The zero-order valence-corrected chi connectivity index (χ0v) is 19.3. The summed E-state index contributed by atoms with van der Waals surface area (Å²) in [5.41, 5.74) is 14.0. The molecule has 2 aromatic rings. The van der Waals surface area contributed by atoms with Crippen molar-refractivity contribution in [2.75, 3.05) is 31.5 Å². The van der Waals surface area contributed by atoms with E-state index in [1.807, 2.05) is 6.92 Å². The van der Waals surface area contributed by atoms with Crippen LogP contribution in [0.25, 0.3) is 11.3 Å². The molecule has 0 aromatic heterocycles. The van der Waals surface area contributed by atoms with Gasteiger partial charge in [0, 0.05) is 30.2 Å². The third-order valence-electron chi connectivity index (χ3n) is 6.33. The van der Waals surface area contributed by atoms with Crippen LogP contribution in [0.15, 0.2) is 53.3 Å². The van der Waals surface area contributed by atoms with Gasteiger partial charge < -0.3 is 10.6 Å². The van der Waals surface area contributed by atoms with Crippen molar-refractivity contribution in [1.82, 2.24) is 10.2 Å². The number of nitrogens with zero attached hydrogens (tertiary/aromatic N) is 2. The second kappa shape index (κ2) is 9.84. The molecule has 32 heavy (non-hydrogen) atoms. The van der Waals surface area contributed by atoms with Crippen molar-refractivity contribution >= 4 is 28.6 Å². The van der Waals surface area contributed by atoms with Crippen LogP contribution in [0.2, 0.25) is 5.02 Å². The molecule has 0 aliphatic carbocycles. The molecule has 0 spiro atoms. The standard InChI is InChI=1S/C25H29ClFN5/c1-3-32-12-9-17(10-13-32)18-4-6-20-21(14-18)23(8-11-29-25(20)16(2)31-28)30-24-15-19(26)5-7-22(24)27/h4-7,9,14-15,23,28-30H,3,8,10-13H2,1-2H3/b25-16-,31-28?. The summed E-state index contributed by atoms with van der Waals surface area (Å²) in [6.07, 6.45) is 4.07. The van der Waals surface area contributed by atoms with Gasteiger partial charge in [-0.1, -0.05) is 36.7 Å². The van der Waals surface area contributed by atoms with Crippen LogP contribution in [0, 0.1) is 11.3 Å². The molecule has 1 unspecified atom stereocenters. The number of anilines is 1. The molecule has 0 saturated carbocycles. The van der Waals surface area contributed by atoms with Gasteiger partial charge in [0.15, 0.2) is 0 Å². The molecule has 2 heterocycles. The maximum atomic E-state index is 14.5. The van der Waals surface area contributed by atoms with Gasteiger partial charge in [0.2, 0.25) is 0 Å². The van der Waals surface area contributed by atoms with Crippen LogP contribution in [-0.4, -0.2) is 31.1 Å². The average molecular weight is 454 g/mol. The van der Waals surface area contributed by atoms with E-state index in [1.54, 1.807) is 12.1 Å². The molecule has 4 rings (SSSR count). The fourth-order valence-corrected chi connectivity index (χ4v) is 4.63. The normalized spacial score (nSPS) is 20.5. The first-order valence-corrected chi connectivity index (χ1v) is 11.5. The van der Waals surface area contributed by atoms with E-state index in [0.29, 0.717) is 23.0 Å². The third kappa shape index (κ3) is 4.71. The molecule has 0 saturated heterocycles. The van der Waals surface area contributed by atoms with Crippen LogP contribution in [0.3, 0.4) is 0 Å². The monoisotopic (exact) mass is 453 g/mol. The molecular weight excluding hydrogens is 425 g/mol. The summed E-state index contributed by atoms with van der Waals surface area (Å²) in [5, 5.41) is 11.0. The summed E-state index contributed by atoms with van der Waals surface area (Å²) in [5.74, 6) is -0.327. The highest BCUT2D eigenvalue weighted by atomic mass is 35.5. The van der Waals surface area contributed by atoms with Gasteiger partial charge in [-0.25, -0.2) is 9.92 Å². The first-order valence-electron chi connectivity index (χ1n) is 11.1. The molecule has 0 radical (unpaired) electrons. The van der Waals surface area contributed by atoms with Crippen molar-refractivity contribution in [2.45, 2.75) is 32.7 Å². The average Bonchev–Trinajstić information content (AvgIpc) is 3.00. The fraction of sp³-hybridized carbons (Fsp3) is 0.360. The zero-order chi connectivity index (χ0) is 22.7. The van der Waals surface area contributed by atoms with E-state index < -0.39 is 0 Å².